The molecule has 1 saturated heterocycles. The number of hydrogen-bond donors (Lipinski definition) is 2. The molecule has 4 rings (SSSR count). The van der Waals surface area contributed by atoms with Gasteiger partial charge in [0.15, 0.2) is 0 Å². The van der Waals surface area contributed by atoms with E-state index >= 15 is 0 Å². The topological polar surface area (TPSA) is 122 Å². The number of ether oxygens (including phenoxy) is 1. The van der Waals surface area contributed by atoms with Crippen LogP contribution in [0.1, 0.15) is 6.42 Å². The summed E-state index contributed by atoms with van der Waals surface area (Å²) in [7, 11) is 1.56. The lowest BCUT2D eigenvalue weighted by molar-refractivity contribution is -0.125. The normalized spacial score (nSPS) is 16.0. The molecule has 10 nitrogen and oxygen atoms in total. The minimum Gasteiger partial charge on any atom is -0.497 e. The van der Waals surface area contributed by atoms with Crippen LogP contribution in [-0.2, 0) is 9.59 Å². The maximum absolute atomic E-state index is 12.5. The van der Waals surface area contributed by atoms with Crippen LogP contribution in [0.2, 0.25) is 0 Å². The first-order valence-electron chi connectivity index (χ1n) is 8.88. The number of nitrogens with one attached hydrogen (secondary N) is 2. The van der Waals surface area contributed by atoms with Gasteiger partial charge in [-0.15, -0.1) is 0 Å². The average Bonchev–Trinajstić information content (AvgIpc) is 3.39. The Labute approximate surface area is 165 Å². The summed E-state index contributed by atoms with van der Waals surface area (Å²) in [6, 6.07) is 10.7. The quantitative estimate of drug-likeness (QED) is 0.605. The Bertz CT molecular complexity index is 1020. The lowest BCUT2D eigenvalue weighted by Crippen LogP contribution is -2.36. The van der Waals surface area contributed by atoms with Crippen molar-refractivity contribution in [1.82, 2.24) is 20.6 Å². The lowest BCUT2D eigenvalue weighted by atomic mass is 10.1. The third kappa shape index (κ3) is 4.00. The van der Waals surface area contributed by atoms with Crippen LogP contribution in [0.5, 0.6) is 5.75 Å². The van der Waals surface area contributed by atoms with Gasteiger partial charge in [-0.2, -0.15) is 4.98 Å². The number of amides is 2. The van der Waals surface area contributed by atoms with Crippen molar-refractivity contribution in [3.63, 3.8) is 0 Å². The zero-order chi connectivity index (χ0) is 20.2. The molecule has 1 aliphatic heterocycles. The molecule has 0 aliphatic carbocycles. The van der Waals surface area contributed by atoms with Gasteiger partial charge in [0.1, 0.15) is 5.75 Å². The summed E-state index contributed by atoms with van der Waals surface area (Å²) >= 11 is 0. The van der Waals surface area contributed by atoms with E-state index in [-0.39, 0.29) is 30.8 Å². The van der Waals surface area contributed by atoms with Crippen LogP contribution in [0, 0.1) is 5.92 Å². The maximum atomic E-state index is 12.5. The van der Waals surface area contributed by atoms with Gasteiger partial charge >= 0.3 is 6.01 Å². The van der Waals surface area contributed by atoms with E-state index < -0.39 is 5.92 Å². The third-order valence-corrected chi connectivity index (χ3v) is 4.52. The molecule has 1 aliphatic rings. The number of carbonyl (C=O) groups excluding carboxylic acids is 2. The summed E-state index contributed by atoms with van der Waals surface area (Å²) in [6.07, 6.45) is 3.34. The number of hydrogen-bond acceptors (Lipinski definition) is 8. The Kier molecular flexibility index (Phi) is 5.06. The molecule has 1 aromatic carbocycles. The zero-order valence-electron chi connectivity index (χ0n) is 15.5. The summed E-state index contributed by atoms with van der Waals surface area (Å²) in [5.41, 5.74) is 6.54. The highest BCUT2D eigenvalue weighted by molar-refractivity contribution is 6.00. The Hall–Kier alpha value is -3.95. The molecule has 2 aromatic heterocycles. The largest absolute Gasteiger partial charge is 0.497 e. The van der Waals surface area contributed by atoms with E-state index in [1.54, 1.807) is 60.8 Å². The van der Waals surface area contributed by atoms with Crippen LogP contribution in [0.15, 0.2) is 53.3 Å². The molecule has 1 atom stereocenters. The molecule has 1 fully saturated rings. The fraction of sp³-hybridized carbons (Fsp3) is 0.211. The second-order valence-corrected chi connectivity index (χ2v) is 6.38. The van der Waals surface area contributed by atoms with E-state index in [1.165, 1.54) is 0 Å². The number of rotatable bonds is 6. The second-order valence-electron chi connectivity index (χ2n) is 6.38. The van der Waals surface area contributed by atoms with Gasteiger partial charge in [-0.05, 0) is 24.3 Å². The Morgan fingerprint density at radius 1 is 1.28 bits per heavy atom. The van der Waals surface area contributed by atoms with Gasteiger partial charge in [0.25, 0.3) is 0 Å². The number of pyridine rings is 1. The molecule has 2 amide bonds. The minimum atomic E-state index is -0.510. The molecule has 29 heavy (non-hydrogen) atoms. The SMILES string of the molecule is COc1cccc(N2CC(C(=O)NNc3nc(-c4ccncc4)no3)CC2=O)c1. The monoisotopic (exact) mass is 394 g/mol. The predicted molar refractivity (Wildman–Crippen MR) is 103 cm³/mol. The first-order valence-corrected chi connectivity index (χ1v) is 8.88. The average molecular weight is 394 g/mol. The molecule has 0 saturated carbocycles. The van der Waals surface area contributed by atoms with Crippen LogP contribution in [-0.4, -0.2) is 40.6 Å². The van der Waals surface area contributed by atoms with E-state index in [2.05, 4.69) is 26.0 Å². The number of benzene rings is 1. The Morgan fingerprint density at radius 3 is 2.90 bits per heavy atom. The smallest absolute Gasteiger partial charge is 0.340 e. The highest BCUT2D eigenvalue weighted by Gasteiger charge is 2.35. The van der Waals surface area contributed by atoms with Crippen LogP contribution >= 0.6 is 0 Å². The van der Waals surface area contributed by atoms with Gasteiger partial charge in [0.05, 0.1) is 13.0 Å². The molecular weight excluding hydrogens is 376 g/mol. The molecule has 2 N–H and O–H groups in total. The Balaban J connectivity index is 1.36. The molecule has 0 bridgehead atoms. The van der Waals surface area contributed by atoms with Crippen LogP contribution in [0.3, 0.4) is 0 Å². The maximum Gasteiger partial charge on any atom is 0.340 e. The van der Waals surface area contributed by atoms with Crippen molar-refractivity contribution in [1.29, 1.82) is 0 Å². The summed E-state index contributed by atoms with van der Waals surface area (Å²) in [6.45, 7) is 0.269. The van der Waals surface area contributed by atoms with Crippen molar-refractivity contribution in [2.45, 2.75) is 6.42 Å². The standard InChI is InChI=1S/C19H18N6O4/c1-28-15-4-2-3-14(10-15)25-11-13(9-16(25)26)18(27)22-23-19-21-17(24-29-19)12-5-7-20-8-6-12/h2-8,10,13H,9,11H2,1H3,(H,22,27)(H,21,23,24). The minimum absolute atomic E-state index is 0.0409. The number of hydrazine groups is 1. The number of aromatic nitrogens is 3. The van der Waals surface area contributed by atoms with Gasteiger partial charge in [0, 0.05) is 42.7 Å². The van der Waals surface area contributed by atoms with Crippen LogP contribution < -0.4 is 20.5 Å². The molecule has 0 spiro atoms. The van der Waals surface area contributed by atoms with Gasteiger partial charge < -0.3 is 14.2 Å². The Morgan fingerprint density at radius 2 is 2.10 bits per heavy atom. The molecule has 10 heteroatoms. The van der Waals surface area contributed by atoms with E-state index in [4.69, 9.17) is 9.26 Å². The first kappa shape index (κ1) is 18.4. The van der Waals surface area contributed by atoms with Crippen molar-refractivity contribution in [3.05, 3.63) is 48.8 Å². The van der Waals surface area contributed by atoms with Crippen molar-refractivity contribution in [2.24, 2.45) is 5.92 Å². The first-order chi connectivity index (χ1) is 14.1. The predicted octanol–water partition coefficient (Wildman–Crippen LogP) is 1.64. The summed E-state index contributed by atoms with van der Waals surface area (Å²) in [4.78, 5) is 34.5. The van der Waals surface area contributed by atoms with Crippen molar-refractivity contribution >= 4 is 23.5 Å². The van der Waals surface area contributed by atoms with Crippen molar-refractivity contribution in [3.8, 4) is 17.1 Å². The fourth-order valence-electron chi connectivity index (χ4n) is 3.02. The van der Waals surface area contributed by atoms with Crippen molar-refractivity contribution < 1.29 is 18.8 Å². The molecule has 3 aromatic rings. The highest BCUT2D eigenvalue weighted by Crippen LogP contribution is 2.28. The molecular formula is C19H18N6O4. The summed E-state index contributed by atoms with van der Waals surface area (Å²) < 4.78 is 10.3. The highest BCUT2D eigenvalue weighted by atomic mass is 16.5. The van der Waals surface area contributed by atoms with Crippen molar-refractivity contribution in [2.75, 3.05) is 24.0 Å². The van der Waals surface area contributed by atoms with Crippen LogP contribution in [0.25, 0.3) is 11.4 Å². The van der Waals surface area contributed by atoms with E-state index in [0.717, 1.165) is 5.56 Å². The molecule has 0 radical (unpaired) electrons. The summed E-state index contributed by atoms with van der Waals surface area (Å²) in [5, 5.41) is 3.84. The van der Waals surface area contributed by atoms with E-state index in [9.17, 15) is 9.59 Å². The molecule has 1 unspecified atom stereocenters. The number of anilines is 2. The zero-order valence-corrected chi connectivity index (χ0v) is 15.5. The van der Waals surface area contributed by atoms with Crippen LogP contribution in [0.4, 0.5) is 11.7 Å². The fourth-order valence-corrected chi connectivity index (χ4v) is 3.02. The van der Waals surface area contributed by atoms with Gasteiger partial charge in [-0.3, -0.25) is 20.0 Å². The number of nitrogens with zero attached hydrogens (tertiary/aromatic N) is 4. The molecule has 3 heterocycles. The third-order valence-electron chi connectivity index (χ3n) is 4.52. The lowest BCUT2D eigenvalue weighted by Gasteiger charge is -2.17. The van der Waals surface area contributed by atoms with E-state index in [0.29, 0.717) is 17.3 Å². The number of methoxy groups -OCH3 is 1. The van der Waals surface area contributed by atoms with Gasteiger partial charge in [-0.25, -0.2) is 5.43 Å². The summed E-state index contributed by atoms with van der Waals surface area (Å²) in [5.74, 6) is 0.0306. The molecule has 148 valence electrons. The van der Waals surface area contributed by atoms with E-state index in [1.807, 2.05) is 0 Å². The van der Waals surface area contributed by atoms with Gasteiger partial charge in [0.2, 0.25) is 17.6 Å². The number of carbonyl (C=O) groups is 2. The second kappa shape index (κ2) is 7.97. The van der Waals surface area contributed by atoms with Gasteiger partial charge in [-0.1, -0.05) is 11.2 Å².